The lowest BCUT2D eigenvalue weighted by atomic mass is 10.1. The normalized spacial score (nSPS) is 24.5. The van der Waals surface area contributed by atoms with Crippen LogP contribution in [0.4, 0.5) is 0 Å². The molecule has 1 aromatic carbocycles. The topological polar surface area (TPSA) is 60.1 Å². The quantitative estimate of drug-likeness (QED) is 0.600. The van der Waals surface area contributed by atoms with Crippen LogP contribution in [0.5, 0.6) is 0 Å². The maximum absolute atomic E-state index is 8.55. The van der Waals surface area contributed by atoms with Gasteiger partial charge in [0.05, 0.1) is 17.7 Å². The van der Waals surface area contributed by atoms with Crippen LogP contribution in [-0.2, 0) is 4.74 Å². The Balaban J connectivity index is 2.18. The first kappa shape index (κ1) is 7.79. The first-order chi connectivity index (χ1) is 6.35. The highest BCUT2D eigenvalue weighted by Crippen LogP contribution is 2.37. The molecule has 0 amide bonds. The lowest BCUT2D eigenvalue weighted by Gasteiger charge is -1.93. The molecule has 1 aliphatic rings. The van der Waals surface area contributed by atoms with E-state index in [9.17, 15) is 0 Å². The zero-order chi connectivity index (χ0) is 9.26. The highest BCUT2D eigenvalue weighted by molar-refractivity contribution is 5.34. The van der Waals surface area contributed by atoms with Gasteiger partial charge in [0.15, 0.2) is 6.10 Å². The van der Waals surface area contributed by atoms with Crippen LogP contribution in [0.25, 0.3) is 0 Å². The Morgan fingerprint density at radius 1 is 1.15 bits per heavy atom. The zero-order valence-electron chi connectivity index (χ0n) is 6.77. The van der Waals surface area contributed by atoms with Gasteiger partial charge in [-0.3, -0.25) is 0 Å². The summed E-state index contributed by atoms with van der Waals surface area (Å²) in [5.74, 6) is 0. The van der Waals surface area contributed by atoms with Crippen molar-refractivity contribution in [3.63, 3.8) is 0 Å². The van der Waals surface area contributed by atoms with E-state index < -0.39 is 0 Å². The Kier molecular flexibility index (Phi) is 1.73. The molecule has 1 heterocycles. The Labute approximate surface area is 75.8 Å². The van der Waals surface area contributed by atoms with E-state index in [0.717, 1.165) is 5.56 Å². The molecule has 2 unspecified atom stereocenters. The average Bonchev–Trinajstić information content (AvgIpc) is 2.97. The lowest BCUT2D eigenvalue weighted by Crippen LogP contribution is -1.84. The van der Waals surface area contributed by atoms with Gasteiger partial charge in [0, 0.05) is 0 Å². The van der Waals surface area contributed by atoms with Crippen molar-refractivity contribution in [1.82, 2.24) is 0 Å². The minimum Gasteiger partial charge on any atom is -0.348 e. The SMILES string of the molecule is N#Cc1ccc(C2OC2C#N)cc1. The molecule has 2 atom stereocenters. The Morgan fingerprint density at radius 3 is 2.31 bits per heavy atom. The van der Waals surface area contributed by atoms with Gasteiger partial charge in [-0.2, -0.15) is 10.5 Å². The van der Waals surface area contributed by atoms with Crippen molar-refractivity contribution in [3.05, 3.63) is 35.4 Å². The van der Waals surface area contributed by atoms with Crippen LogP contribution in [0, 0.1) is 22.7 Å². The number of nitriles is 2. The fourth-order valence-corrected chi connectivity index (χ4v) is 1.21. The van der Waals surface area contributed by atoms with Gasteiger partial charge >= 0.3 is 0 Å². The van der Waals surface area contributed by atoms with Crippen LogP contribution >= 0.6 is 0 Å². The standard InChI is InChI=1S/C10H6N2O/c11-5-7-1-3-8(4-2-7)10-9(6-12)13-10/h1-4,9-10H. The Bertz CT molecular complexity index is 396. The van der Waals surface area contributed by atoms with E-state index in [1.54, 1.807) is 12.1 Å². The monoisotopic (exact) mass is 170 g/mol. The molecule has 62 valence electrons. The Hall–Kier alpha value is -1.84. The van der Waals surface area contributed by atoms with E-state index in [1.165, 1.54) is 0 Å². The molecule has 0 aliphatic carbocycles. The number of hydrogen-bond donors (Lipinski definition) is 0. The van der Waals surface area contributed by atoms with Gasteiger partial charge < -0.3 is 4.74 Å². The molecule has 0 saturated carbocycles. The minimum atomic E-state index is -0.298. The second-order valence-corrected chi connectivity index (χ2v) is 2.84. The van der Waals surface area contributed by atoms with E-state index in [4.69, 9.17) is 15.3 Å². The maximum Gasteiger partial charge on any atom is 0.175 e. The van der Waals surface area contributed by atoms with Crippen LogP contribution in [0.2, 0.25) is 0 Å². The van der Waals surface area contributed by atoms with E-state index in [2.05, 4.69) is 0 Å². The van der Waals surface area contributed by atoms with Gasteiger partial charge in [-0.1, -0.05) is 12.1 Å². The molecular formula is C10H6N2O. The summed E-state index contributed by atoms with van der Waals surface area (Å²) in [7, 11) is 0. The third-order valence-corrected chi connectivity index (χ3v) is 1.99. The van der Waals surface area contributed by atoms with E-state index in [1.807, 2.05) is 24.3 Å². The molecule has 1 aromatic rings. The summed E-state index contributed by atoms with van der Waals surface area (Å²) < 4.78 is 5.08. The maximum atomic E-state index is 8.55. The van der Waals surface area contributed by atoms with E-state index in [-0.39, 0.29) is 12.2 Å². The van der Waals surface area contributed by atoms with Crippen molar-refractivity contribution < 1.29 is 4.74 Å². The third-order valence-electron chi connectivity index (χ3n) is 1.99. The van der Waals surface area contributed by atoms with Crippen molar-refractivity contribution in [2.24, 2.45) is 0 Å². The fraction of sp³-hybridized carbons (Fsp3) is 0.200. The summed E-state index contributed by atoms with van der Waals surface area (Å²) in [5, 5.41) is 17.1. The molecule has 0 N–H and O–H groups in total. The van der Waals surface area contributed by atoms with E-state index in [0.29, 0.717) is 5.56 Å². The summed E-state index contributed by atoms with van der Waals surface area (Å²) in [6.45, 7) is 0. The first-order valence-electron chi connectivity index (χ1n) is 3.90. The first-order valence-corrected chi connectivity index (χ1v) is 3.90. The van der Waals surface area contributed by atoms with Crippen molar-refractivity contribution in [2.45, 2.75) is 12.2 Å². The second-order valence-electron chi connectivity index (χ2n) is 2.84. The second kappa shape index (κ2) is 2.90. The number of epoxide rings is 1. The summed E-state index contributed by atoms with van der Waals surface area (Å²) in [6, 6.07) is 11.2. The Morgan fingerprint density at radius 2 is 1.85 bits per heavy atom. The molecule has 13 heavy (non-hydrogen) atoms. The summed E-state index contributed by atoms with van der Waals surface area (Å²) >= 11 is 0. The van der Waals surface area contributed by atoms with Crippen LogP contribution in [-0.4, -0.2) is 6.10 Å². The van der Waals surface area contributed by atoms with Crippen LogP contribution in [0.1, 0.15) is 17.2 Å². The molecule has 1 saturated heterocycles. The van der Waals surface area contributed by atoms with Crippen molar-refractivity contribution in [2.75, 3.05) is 0 Å². The number of benzene rings is 1. The molecule has 3 nitrogen and oxygen atoms in total. The number of hydrogen-bond acceptors (Lipinski definition) is 3. The van der Waals surface area contributed by atoms with Gasteiger partial charge in [0.25, 0.3) is 0 Å². The molecule has 0 bridgehead atoms. The average molecular weight is 170 g/mol. The zero-order valence-corrected chi connectivity index (χ0v) is 6.77. The molecule has 0 aromatic heterocycles. The predicted octanol–water partition coefficient (Wildman–Crippen LogP) is 1.52. The molecule has 3 heteroatoms. The van der Waals surface area contributed by atoms with Gasteiger partial charge in [0.2, 0.25) is 0 Å². The molecule has 1 fully saturated rings. The summed E-state index contributed by atoms with van der Waals surface area (Å²) in [6.07, 6.45) is -0.384. The van der Waals surface area contributed by atoms with Gasteiger partial charge in [-0.15, -0.1) is 0 Å². The molecule has 0 spiro atoms. The van der Waals surface area contributed by atoms with Crippen molar-refractivity contribution >= 4 is 0 Å². The summed E-state index contributed by atoms with van der Waals surface area (Å²) in [4.78, 5) is 0. The van der Waals surface area contributed by atoms with E-state index >= 15 is 0 Å². The minimum absolute atomic E-state index is 0.0854. The molecular weight excluding hydrogens is 164 g/mol. The highest BCUT2D eigenvalue weighted by Gasteiger charge is 2.40. The van der Waals surface area contributed by atoms with Crippen LogP contribution in [0.15, 0.2) is 24.3 Å². The fourth-order valence-electron chi connectivity index (χ4n) is 1.21. The lowest BCUT2D eigenvalue weighted by molar-refractivity contribution is 0.396. The van der Waals surface area contributed by atoms with Gasteiger partial charge in [-0.05, 0) is 17.7 Å². The van der Waals surface area contributed by atoms with Gasteiger partial charge in [0.1, 0.15) is 6.10 Å². The van der Waals surface area contributed by atoms with Crippen LogP contribution in [0.3, 0.4) is 0 Å². The third kappa shape index (κ3) is 1.38. The summed E-state index contributed by atoms with van der Waals surface area (Å²) in [5.41, 5.74) is 1.59. The number of rotatable bonds is 1. The predicted molar refractivity (Wildman–Crippen MR) is 44.4 cm³/mol. The van der Waals surface area contributed by atoms with Crippen molar-refractivity contribution in [1.29, 1.82) is 10.5 Å². The molecule has 1 aliphatic heterocycles. The molecule has 0 radical (unpaired) electrons. The van der Waals surface area contributed by atoms with Gasteiger partial charge in [-0.25, -0.2) is 0 Å². The largest absolute Gasteiger partial charge is 0.348 e. The molecule has 2 rings (SSSR count). The highest BCUT2D eigenvalue weighted by atomic mass is 16.6. The number of nitrogens with zero attached hydrogens (tertiary/aromatic N) is 2. The smallest absolute Gasteiger partial charge is 0.175 e. The van der Waals surface area contributed by atoms with Crippen LogP contribution < -0.4 is 0 Å². The number of ether oxygens (including phenoxy) is 1. The van der Waals surface area contributed by atoms with Crippen molar-refractivity contribution in [3.8, 4) is 12.1 Å².